The van der Waals surface area contributed by atoms with E-state index in [1.807, 2.05) is 0 Å². The Morgan fingerprint density at radius 2 is 2.00 bits per heavy atom. The maximum Gasteiger partial charge on any atom is 0.255 e. The number of primary amides is 1. The van der Waals surface area contributed by atoms with Gasteiger partial charge in [0.25, 0.3) is 5.91 Å². The first-order valence-corrected chi connectivity index (χ1v) is 10.7. The number of benzene rings is 2. The van der Waals surface area contributed by atoms with Crippen molar-refractivity contribution in [1.82, 2.24) is 9.80 Å². The van der Waals surface area contributed by atoms with Gasteiger partial charge < -0.3 is 15.5 Å². The van der Waals surface area contributed by atoms with Crippen LogP contribution in [0.15, 0.2) is 36.4 Å². The molecule has 0 spiro atoms. The quantitative estimate of drug-likeness (QED) is 0.706. The van der Waals surface area contributed by atoms with Crippen LogP contribution in [0.2, 0.25) is 5.02 Å². The van der Waals surface area contributed by atoms with Crippen molar-refractivity contribution in [2.75, 3.05) is 27.2 Å². The van der Waals surface area contributed by atoms with E-state index in [0.29, 0.717) is 34.5 Å². The SMILES string of the molecule is CN(C)CCC1(c2ccc(CCN3C(=O)c4[c]cc(Cl)cc4C3C(N)=O)cc2)CC1. The molecule has 2 aliphatic rings. The summed E-state index contributed by atoms with van der Waals surface area (Å²) in [7, 11) is 4.23. The van der Waals surface area contributed by atoms with Crippen LogP contribution in [0, 0.1) is 6.07 Å². The van der Waals surface area contributed by atoms with Crippen LogP contribution in [0.25, 0.3) is 0 Å². The number of nitrogens with two attached hydrogens (primary N) is 1. The molecule has 2 N–H and O–H groups in total. The largest absolute Gasteiger partial charge is 0.368 e. The van der Waals surface area contributed by atoms with Crippen molar-refractivity contribution in [2.24, 2.45) is 5.73 Å². The number of hydrogen-bond donors (Lipinski definition) is 1. The van der Waals surface area contributed by atoms with E-state index in [1.54, 1.807) is 12.1 Å². The molecule has 1 unspecified atom stereocenters. The van der Waals surface area contributed by atoms with Crippen LogP contribution in [-0.4, -0.2) is 48.8 Å². The van der Waals surface area contributed by atoms with Gasteiger partial charge in [-0.3, -0.25) is 9.59 Å². The van der Waals surface area contributed by atoms with Gasteiger partial charge in [-0.05, 0) is 86.6 Å². The van der Waals surface area contributed by atoms with Crippen LogP contribution in [0.1, 0.15) is 52.4 Å². The first kappa shape index (κ1) is 20.9. The molecule has 0 saturated heterocycles. The van der Waals surface area contributed by atoms with Gasteiger partial charge in [0.1, 0.15) is 6.04 Å². The van der Waals surface area contributed by atoms with Crippen molar-refractivity contribution in [3.8, 4) is 0 Å². The summed E-state index contributed by atoms with van der Waals surface area (Å²) in [6, 6.07) is 14.0. The standard InChI is InChI=1S/C24H27ClN3O2/c1-27(2)14-12-24(10-11-24)17-5-3-16(4-6-17)9-13-28-21(22(26)29)20-15-18(25)7-8-19(20)23(28)30/h3-7,15,21H,9-14H2,1-2H3,(H2,26,29). The van der Waals surface area contributed by atoms with Gasteiger partial charge in [0.2, 0.25) is 5.91 Å². The summed E-state index contributed by atoms with van der Waals surface area (Å²) < 4.78 is 0. The lowest BCUT2D eigenvalue weighted by Crippen LogP contribution is -2.37. The van der Waals surface area contributed by atoms with Gasteiger partial charge >= 0.3 is 0 Å². The summed E-state index contributed by atoms with van der Waals surface area (Å²) in [6.07, 6.45) is 4.33. The number of amides is 2. The number of hydrogen-bond acceptors (Lipinski definition) is 3. The first-order valence-electron chi connectivity index (χ1n) is 10.4. The Labute approximate surface area is 182 Å². The Morgan fingerprint density at radius 1 is 1.30 bits per heavy atom. The number of halogens is 1. The molecule has 6 heteroatoms. The zero-order chi connectivity index (χ0) is 21.5. The van der Waals surface area contributed by atoms with Crippen molar-refractivity contribution in [1.29, 1.82) is 0 Å². The van der Waals surface area contributed by atoms with E-state index in [1.165, 1.54) is 29.7 Å². The summed E-state index contributed by atoms with van der Waals surface area (Å²) >= 11 is 6.04. The van der Waals surface area contributed by atoms with Crippen LogP contribution in [0.4, 0.5) is 0 Å². The summed E-state index contributed by atoms with van der Waals surface area (Å²) in [6.45, 7) is 1.51. The zero-order valence-corrected chi connectivity index (χ0v) is 18.2. The highest BCUT2D eigenvalue weighted by atomic mass is 35.5. The molecule has 2 aromatic carbocycles. The molecule has 4 rings (SSSR count). The number of nitrogens with zero attached hydrogens (tertiary/aromatic N) is 2. The Kier molecular flexibility index (Phi) is 5.60. The van der Waals surface area contributed by atoms with Crippen LogP contribution in [-0.2, 0) is 16.6 Å². The predicted molar refractivity (Wildman–Crippen MR) is 117 cm³/mol. The van der Waals surface area contributed by atoms with Crippen molar-refractivity contribution in [2.45, 2.75) is 37.1 Å². The highest BCUT2D eigenvalue weighted by Crippen LogP contribution is 2.51. The summed E-state index contributed by atoms with van der Waals surface area (Å²) in [5, 5.41) is 0.438. The van der Waals surface area contributed by atoms with E-state index in [0.717, 1.165) is 12.1 Å². The predicted octanol–water partition coefficient (Wildman–Crippen LogP) is 3.35. The Bertz CT molecular complexity index is 967. The van der Waals surface area contributed by atoms with Gasteiger partial charge in [0.05, 0.1) is 5.56 Å². The van der Waals surface area contributed by atoms with Gasteiger partial charge in [-0.15, -0.1) is 0 Å². The fourth-order valence-corrected chi connectivity index (χ4v) is 4.57. The van der Waals surface area contributed by atoms with Gasteiger partial charge in [-0.25, -0.2) is 0 Å². The summed E-state index contributed by atoms with van der Waals surface area (Å²) in [5.74, 6) is -0.771. The molecule has 1 heterocycles. The third-order valence-electron chi connectivity index (χ3n) is 6.39. The van der Waals surface area contributed by atoms with E-state index in [2.05, 4.69) is 49.3 Å². The molecule has 5 nitrogen and oxygen atoms in total. The molecule has 1 radical (unpaired) electrons. The monoisotopic (exact) mass is 424 g/mol. The third-order valence-corrected chi connectivity index (χ3v) is 6.60. The molecular weight excluding hydrogens is 398 g/mol. The number of carbonyl (C=O) groups excluding carboxylic acids is 2. The minimum Gasteiger partial charge on any atom is -0.368 e. The van der Waals surface area contributed by atoms with Crippen molar-refractivity contribution >= 4 is 23.4 Å². The lowest BCUT2D eigenvalue weighted by atomic mass is 9.91. The molecule has 2 amide bonds. The first-order chi connectivity index (χ1) is 14.3. The summed E-state index contributed by atoms with van der Waals surface area (Å²) in [5.41, 5.74) is 9.42. The molecule has 1 saturated carbocycles. The Hall–Kier alpha value is -2.37. The van der Waals surface area contributed by atoms with E-state index in [9.17, 15) is 9.59 Å². The van der Waals surface area contributed by atoms with Crippen molar-refractivity contribution < 1.29 is 9.59 Å². The van der Waals surface area contributed by atoms with Gasteiger partial charge in [-0.2, -0.15) is 0 Å². The molecule has 157 valence electrons. The van der Waals surface area contributed by atoms with Crippen molar-refractivity contribution in [3.05, 3.63) is 69.7 Å². The third kappa shape index (κ3) is 3.96. The van der Waals surface area contributed by atoms with Crippen LogP contribution < -0.4 is 5.73 Å². The molecule has 1 aliphatic carbocycles. The minimum absolute atomic E-state index is 0.220. The molecule has 30 heavy (non-hydrogen) atoms. The summed E-state index contributed by atoms with van der Waals surface area (Å²) in [4.78, 5) is 28.7. The number of fused-ring (bicyclic) bond motifs is 1. The topological polar surface area (TPSA) is 66.6 Å². The second kappa shape index (κ2) is 8.05. The highest BCUT2D eigenvalue weighted by Gasteiger charge is 2.43. The van der Waals surface area contributed by atoms with E-state index < -0.39 is 11.9 Å². The second-order valence-corrected chi connectivity index (χ2v) is 9.17. The average Bonchev–Trinajstić information content (AvgIpc) is 3.45. The Morgan fingerprint density at radius 3 is 2.60 bits per heavy atom. The number of carbonyl (C=O) groups is 2. The molecule has 1 fully saturated rings. The maximum absolute atomic E-state index is 12.8. The lowest BCUT2D eigenvalue weighted by Gasteiger charge is -2.23. The van der Waals surface area contributed by atoms with Gasteiger partial charge in [0.15, 0.2) is 0 Å². The van der Waals surface area contributed by atoms with E-state index in [4.69, 9.17) is 17.3 Å². The zero-order valence-electron chi connectivity index (χ0n) is 17.5. The molecule has 1 atom stereocenters. The molecular formula is C24H27ClN3O2. The Balaban J connectivity index is 1.45. The lowest BCUT2D eigenvalue weighted by molar-refractivity contribution is -0.122. The average molecular weight is 425 g/mol. The van der Waals surface area contributed by atoms with E-state index >= 15 is 0 Å². The highest BCUT2D eigenvalue weighted by molar-refractivity contribution is 6.30. The maximum atomic E-state index is 12.8. The number of rotatable bonds is 8. The minimum atomic E-state index is -0.789. The smallest absolute Gasteiger partial charge is 0.255 e. The molecule has 2 aromatic rings. The van der Waals surface area contributed by atoms with Gasteiger partial charge in [-0.1, -0.05) is 35.9 Å². The van der Waals surface area contributed by atoms with Crippen LogP contribution >= 0.6 is 11.6 Å². The fraction of sp³-hybridized carbons (Fsp3) is 0.417. The van der Waals surface area contributed by atoms with Crippen LogP contribution in [0.5, 0.6) is 0 Å². The van der Waals surface area contributed by atoms with Crippen molar-refractivity contribution in [3.63, 3.8) is 0 Å². The van der Waals surface area contributed by atoms with Gasteiger partial charge in [0, 0.05) is 11.6 Å². The molecule has 0 bridgehead atoms. The van der Waals surface area contributed by atoms with E-state index in [-0.39, 0.29) is 5.91 Å². The molecule has 1 aliphatic heterocycles. The second-order valence-electron chi connectivity index (χ2n) is 8.73. The fourth-order valence-electron chi connectivity index (χ4n) is 4.40. The molecule has 0 aromatic heterocycles. The van der Waals surface area contributed by atoms with Crippen LogP contribution in [0.3, 0.4) is 0 Å². The normalized spacial score (nSPS) is 19.3.